The Bertz CT molecular complexity index is 1050. The van der Waals surface area contributed by atoms with Crippen LogP contribution < -0.4 is 21.3 Å². The van der Waals surface area contributed by atoms with Crippen LogP contribution in [0.1, 0.15) is 71.2 Å². The second kappa shape index (κ2) is 11.6. The van der Waals surface area contributed by atoms with Crippen molar-refractivity contribution in [3.63, 3.8) is 0 Å². The minimum atomic E-state index is -0.431. The normalized spacial score (nSPS) is 20.4. The SMILES string of the molecule is N=C/C1=C\NCCCCCCNC(=O)c2nn(C3CCNCC3)cc2NC(=O)c2cccc1n2. The van der Waals surface area contributed by atoms with E-state index in [0.29, 0.717) is 23.5 Å². The number of piperidine rings is 1. The lowest BCUT2D eigenvalue weighted by Gasteiger charge is -2.22. The zero-order valence-corrected chi connectivity index (χ0v) is 19.3. The van der Waals surface area contributed by atoms with Crippen molar-refractivity contribution in [3.8, 4) is 0 Å². The van der Waals surface area contributed by atoms with E-state index in [1.165, 1.54) is 6.21 Å². The first-order valence-corrected chi connectivity index (χ1v) is 12.0. The molecule has 2 aromatic heterocycles. The van der Waals surface area contributed by atoms with Crippen LogP contribution in [0.15, 0.2) is 30.6 Å². The molecular formula is C24H32N8O2. The fourth-order valence-corrected chi connectivity index (χ4v) is 4.18. The summed E-state index contributed by atoms with van der Waals surface area (Å²) in [6.07, 6.45) is 10.4. The van der Waals surface area contributed by atoms with Gasteiger partial charge in [0, 0.05) is 37.3 Å². The fourth-order valence-electron chi connectivity index (χ4n) is 4.18. The van der Waals surface area contributed by atoms with Gasteiger partial charge in [0.2, 0.25) is 0 Å². The minimum absolute atomic E-state index is 0.175. The molecule has 34 heavy (non-hydrogen) atoms. The van der Waals surface area contributed by atoms with Crippen LogP contribution in [0.2, 0.25) is 0 Å². The summed E-state index contributed by atoms with van der Waals surface area (Å²) in [4.78, 5) is 30.5. The highest BCUT2D eigenvalue weighted by molar-refractivity contribution is 6.09. The van der Waals surface area contributed by atoms with Gasteiger partial charge in [-0.05, 0) is 50.9 Å². The van der Waals surface area contributed by atoms with E-state index in [0.717, 1.165) is 58.2 Å². The first-order chi connectivity index (χ1) is 16.7. The van der Waals surface area contributed by atoms with Crippen LogP contribution in [0.25, 0.3) is 5.57 Å². The molecule has 4 rings (SSSR count). The molecule has 180 valence electrons. The highest BCUT2D eigenvalue weighted by Crippen LogP contribution is 2.23. The average Bonchev–Trinajstić information content (AvgIpc) is 3.29. The topological polar surface area (TPSA) is 137 Å². The highest BCUT2D eigenvalue weighted by Gasteiger charge is 2.24. The first kappa shape index (κ1) is 23.6. The molecule has 1 fully saturated rings. The third kappa shape index (κ3) is 5.88. The second-order valence-corrected chi connectivity index (χ2v) is 8.58. The average molecular weight is 465 g/mol. The predicted molar refractivity (Wildman–Crippen MR) is 131 cm³/mol. The second-order valence-electron chi connectivity index (χ2n) is 8.58. The number of pyridine rings is 1. The number of rotatable bonds is 2. The predicted octanol–water partition coefficient (Wildman–Crippen LogP) is 2.34. The molecule has 0 aliphatic carbocycles. The molecule has 0 spiro atoms. The summed E-state index contributed by atoms with van der Waals surface area (Å²) in [6, 6.07) is 5.29. The van der Waals surface area contributed by atoms with E-state index in [4.69, 9.17) is 5.41 Å². The van der Waals surface area contributed by atoms with Crippen molar-refractivity contribution >= 4 is 29.3 Å². The van der Waals surface area contributed by atoms with Crippen LogP contribution in [-0.4, -0.2) is 59.0 Å². The van der Waals surface area contributed by atoms with Crippen molar-refractivity contribution in [2.45, 2.75) is 44.6 Å². The molecule has 2 amide bonds. The Kier molecular flexibility index (Phi) is 8.03. The van der Waals surface area contributed by atoms with Crippen LogP contribution in [0.4, 0.5) is 5.69 Å². The summed E-state index contributed by atoms with van der Waals surface area (Å²) in [7, 11) is 0. The van der Waals surface area contributed by atoms with Crippen LogP contribution in [0.3, 0.4) is 0 Å². The van der Waals surface area contributed by atoms with Crippen LogP contribution >= 0.6 is 0 Å². The Morgan fingerprint density at radius 1 is 0.971 bits per heavy atom. The van der Waals surface area contributed by atoms with Gasteiger partial charge in [0.1, 0.15) is 5.69 Å². The van der Waals surface area contributed by atoms with E-state index in [1.54, 1.807) is 35.3 Å². The Hall–Kier alpha value is -3.53. The zero-order valence-electron chi connectivity index (χ0n) is 19.3. The fraction of sp³-hybridized carbons (Fsp3) is 0.458. The van der Waals surface area contributed by atoms with Crippen molar-refractivity contribution in [2.24, 2.45) is 0 Å². The Labute approximate surface area is 199 Å². The summed E-state index contributed by atoms with van der Waals surface area (Å²) in [5.41, 5.74) is 1.91. The van der Waals surface area contributed by atoms with E-state index in [-0.39, 0.29) is 23.3 Å². The van der Waals surface area contributed by atoms with Crippen LogP contribution in [-0.2, 0) is 0 Å². The lowest BCUT2D eigenvalue weighted by molar-refractivity contribution is 0.0947. The largest absolute Gasteiger partial charge is 0.390 e. The van der Waals surface area contributed by atoms with Gasteiger partial charge < -0.3 is 26.7 Å². The van der Waals surface area contributed by atoms with Crippen molar-refractivity contribution in [3.05, 3.63) is 47.7 Å². The Morgan fingerprint density at radius 2 is 1.74 bits per heavy atom. The zero-order chi connectivity index (χ0) is 23.8. The van der Waals surface area contributed by atoms with Gasteiger partial charge in [-0.3, -0.25) is 14.3 Å². The van der Waals surface area contributed by atoms with Gasteiger partial charge >= 0.3 is 0 Å². The van der Waals surface area contributed by atoms with Gasteiger partial charge in [-0.2, -0.15) is 5.10 Å². The van der Waals surface area contributed by atoms with Gasteiger partial charge in [-0.1, -0.05) is 18.9 Å². The number of aromatic nitrogens is 3. The molecule has 2 aromatic rings. The summed E-state index contributed by atoms with van der Waals surface area (Å²) in [6.45, 7) is 3.12. The molecular weight excluding hydrogens is 432 g/mol. The smallest absolute Gasteiger partial charge is 0.274 e. The number of amides is 2. The van der Waals surface area contributed by atoms with E-state index in [1.807, 2.05) is 0 Å². The van der Waals surface area contributed by atoms with Crippen molar-refractivity contribution in [1.29, 1.82) is 5.41 Å². The van der Waals surface area contributed by atoms with Crippen molar-refractivity contribution in [1.82, 2.24) is 30.7 Å². The first-order valence-electron chi connectivity index (χ1n) is 12.0. The minimum Gasteiger partial charge on any atom is -0.390 e. The monoisotopic (exact) mass is 464 g/mol. The van der Waals surface area contributed by atoms with E-state index < -0.39 is 5.91 Å². The highest BCUT2D eigenvalue weighted by atomic mass is 16.2. The molecule has 10 nitrogen and oxygen atoms in total. The van der Waals surface area contributed by atoms with Gasteiger partial charge in [0.15, 0.2) is 5.69 Å². The van der Waals surface area contributed by atoms with Crippen molar-refractivity contribution < 1.29 is 9.59 Å². The molecule has 0 saturated carbocycles. The molecule has 0 aromatic carbocycles. The van der Waals surface area contributed by atoms with Gasteiger partial charge in [0.25, 0.3) is 11.8 Å². The van der Waals surface area contributed by atoms with Crippen LogP contribution in [0, 0.1) is 5.41 Å². The molecule has 10 heteroatoms. The summed E-state index contributed by atoms with van der Waals surface area (Å²) in [5, 5.41) is 24.7. The number of allylic oxidation sites excluding steroid dienone is 1. The number of hydrogen-bond donors (Lipinski definition) is 5. The number of fused-ring (bicyclic) bond motifs is 3. The third-order valence-corrected chi connectivity index (χ3v) is 6.10. The quantitative estimate of drug-likeness (QED) is 0.433. The molecule has 2 aliphatic rings. The maximum atomic E-state index is 13.1. The van der Waals surface area contributed by atoms with Gasteiger partial charge in [0.05, 0.1) is 17.4 Å². The number of carbonyl (C=O) groups is 2. The number of anilines is 1. The molecule has 0 radical (unpaired) electrons. The van der Waals surface area contributed by atoms with E-state index in [9.17, 15) is 9.59 Å². The summed E-state index contributed by atoms with van der Waals surface area (Å²) in [5.74, 6) is -0.722. The summed E-state index contributed by atoms with van der Waals surface area (Å²) < 4.78 is 1.80. The van der Waals surface area contributed by atoms with E-state index >= 15 is 0 Å². The van der Waals surface area contributed by atoms with Crippen molar-refractivity contribution in [2.75, 3.05) is 31.5 Å². The number of nitrogens with zero attached hydrogens (tertiary/aromatic N) is 3. The number of hydrogen-bond acceptors (Lipinski definition) is 7. The summed E-state index contributed by atoms with van der Waals surface area (Å²) >= 11 is 0. The maximum absolute atomic E-state index is 13.1. The molecule has 1 saturated heterocycles. The lowest BCUT2D eigenvalue weighted by Crippen LogP contribution is -2.30. The molecule has 5 N–H and O–H groups in total. The number of carbonyl (C=O) groups excluding carboxylic acids is 2. The standard InChI is InChI=1S/C24H32N8O2/c25-14-17-15-27-10-3-1-2-4-11-28-24(34)22-21(16-32(31-22)18-8-12-26-13-9-18)30-23(33)20-7-5-6-19(17)29-20/h5-7,14-16,18,25-27H,1-4,8-13H2,(H,28,34)(H,30,33)/b17-15+,25-14?. The third-order valence-electron chi connectivity index (χ3n) is 6.10. The molecule has 0 atom stereocenters. The molecule has 2 aliphatic heterocycles. The Morgan fingerprint density at radius 3 is 2.53 bits per heavy atom. The van der Waals surface area contributed by atoms with E-state index in [2.05, 4.69) is 31.3 Å². The maximum Gasteiger partial charge on any atom is 0.274 e. The Balaban J connectivity index is 1.64. The van der Waals surface area contributed by atoms with Gasteiger partial charge in [-0.25, -0.2) is 4.98 Å². The molecule has 4 heterocycles. The molecule has 0 unspecified atom stereocenters. The lowest BCUT2D eigenvalue weighted by atomic mass is 10.1. The molecule has 2 bridgehead atoms. The van der Waals surface area contributed by atoms with Gasteiger partial charge in [-0.15, -0.1) is 0 Å². The number of nitrogens with one attached hydrogen (secondary N) is 5. The van der Waals surface area contributed by atoms with Crippen LogP contribution in [0.5, 0.6) is 0 Å².